The summed E-state index contributed by atoms with van der Waals surface area (Å²) >= 11 is 0. The SMILES string of the molecule is [2H]c1c([2H])c([2H])c2c(-c3cc(-c4cccc5oc6ccc(-c7ccc8ccccc8c7)cc6c45)cc4ccccc34)c3c([2H])c([2H])c([2H])c([2H])c3c(-c3ccc4ccccc4c3)c2c1[2H]. The van der Waals surface area contributed by atoms with Gasteiger partial charge in [0.15, 0.2) is 0 Å². The molecule has 0 aliphatic heterocycles. The number of hydrogen-bond acceptors (Lipinski definition) is 1. The zero-order valence-electron chi connectivity index (χ0n) is 38.4. The van der Waals surface area contributed by atoms with Crippen LogP contribution < -0.4 is 0 Å². The summed E-state index contributed by atoms with van der Waals surface area (Å²) in [6.45, 7) is 0. The highest BCUT2D eigenvalue weighted by Crippen LogP contribution is 2.48. The van der Waals surface area contributed by atoms with Gasteiger partial charge in [0.05, 0.1) is 11.0 Å². The van der Waals surface area contributed by atoms with Crippen molar-refractivity contribution in [1.29, 1.82) is 0 Å². The van der Waals surface area contributed by atoms with Gasteiger partial charge in [0.2, 0.25) is 0 Å². The van der Waals surface area contributed by atoms with Gasteiger partial charge in [0.25, 0.3) is 0 Å². The Kier molecular flexibility index (Phi) is 5.46. The summed E-state index contributed by atoms with van der Waals surface area (Å²) in [5, 5.41) is 8.25. The Labute approximate surface area is 340 Å². The molecule has 1 aromatic heterocycles. The van der Waals surface area contributed by atoms with E-state index in [1.54, 1.807) is 0 Å². The van der Waals surface area contributed by atoms with Gasteiger partial charge < -0.3 is 4.42 Å². The average molecular weight is 731 g/mol. The van der Waals surface area contributed by atoms with E-state index in [9.17, 15) is 5.48 Å². The largest absolute Gasteiger partial charge is 0.456 e. The Balaban J connectivity index is 1.21. The lowest BCUT2D eigenvalue weighted by Gasteiger charge is -2.20. The molecule has 0 N–H and O–H groups in total. The molecule has 0 unspecified atom stereocenters. The van der Waals surface area contributed by atoms with Crippen LogP contribution in [0.3, 0.4) is 0 Å². The average Bonchev–Trinajstić information content (AvgIpc) is 3.73. The van der Waals surface area contributed by atoms with Crippen LogP contribution in [-0.4, -0.2) is 0 Å². The summed E-state index contributed by atoms with van der Waals surface area (Å²) in [6.07, 6.45) is 0. The molecule has 0 aliphatic carbocycles. The van der Waals surface area contributed by atoms with Gasteiger partial charge in [-0.05, 0) is 141 Å². The minimum atomic E-state index is -0.439. The Morgan fingerprint density at radius 1 is 0.316 bits per heavy atom. The highest BCUT2D eigenvalue weighted by atomic mass is 16.3. The van der Waals surface area contributed by atoms with Gasteiger partial charge in [-0.3, -0.25) is 0 Å². The molecule has 12 aromatic rings. The topological polar surface area (TPSA) is 13.1 Å². The molecule has 0 amide bonds. The lowest BCUT2D eigenvalue weighted by atomic mass is 9.83. The van der Waals surface area contributed by atoms with Crippen molar-refractivity contribution in [2.45, 2.75) is 0 Å². The normalized spacial score (nSPS) is 13.8. The maximum absolute atomic E-state index is 9.65. The second kappa shape index (κ2) is 12.5. The van der Waals surface area contributed by atoms with Gasteiger partial charge in [-0.2, -0.15) is 0 Å². The van der Waals surface area contributed by atoms with Crippen LogP contribution in [-0.2, 0) is 0 Å². The summed E-state index contributed by atoms with van der Waals surface area (Å²) < 4.78 is 80.9. The van der Waals surface area contributed by atoms with Gasteiger partial charge in [0, 0.05) is 10.8 Å². The predicted molar refractivity (Wildman–Crippen MR) is 243 cm³/mol. The minimum absolute atomic E-state index is 0.172. The second-order valence-electron chi connectivity index (χ2n) is 14.6. The smallest absolute Gasteiger partial charge is 0.136 e. The molecule has 264 valence electrons. The molecule has 1 nitrogen and oxygen atoms in total. The van der Waals surface area contributed by atoms with Gasteiger partial charge in [-0.15, -0.1) is 0 Å². The van der Waals surface area contributed by atoms with E-state index < -0.39 is 24.2 Å². The van der Waals surface area contributed by atoms with Crippen molar-refractivity contribution in [2.75, 3.05) is 0 Å². The van der Waals surface area contributed by atoms with E-state index in [0.717, 1.165) is 70.9 Å². The first-order valence-electron chi connectivity index (χ1n) is 23.0. The van der Waals surface area contributed by atoms with Gasteiger partial charge in [-0.25, -0.2) is 0 Å². The molecule has 0 fully saturated rings. The van der Waals surface area contributed by atoms with Gasteiger partial charge in [-0.1, -0.05) is 164 Å². The molecule has 0 radical (unpaired) electrons. The van der Waals surface area contributed by atoms with Crippen molar-refractivity contribution < 1.29 is 15.4 Å². The summed E-state index contributed by atoms with van der Waals surface area (Å²) in [4.78, 5) is 0. The molecule has 0 spiro atoms. The van der Waals surface area contributed by atoms with Crippen LogP contribution >= 0.6 is 0 Å². The van der Waals surface area contributed by atoms with Crippen molar-refractivity contribution in [2.24, 2.45) is 0 Å². The van der Waals surface area contributed by atoms with E-state index in [1.807, 2.05) is 109 Å². The first-order valence-corrected chi connectivity index (χ1v) is 19.0. The standard InChI is InChI=1S/C56H34O/c1-3-14-37-30-39(26-24-35(37)12-1)40-28-29-52-51(33-40)56-45(22-11-23-53(56)57-52)43-32-41-16-5-6-17-44(41)50(34-43)55-48-20-9-7-18-46(48)54(47-19-8-10-21-49(47)55)42-27-25-36-13-2-4-15-38(36)31-42/h1-34H/i7D,8D,9D,10D,18D,19D,20D,21D. The third-order valence-electron chi connectivity index (χ3n) is 11.4. The van der Waals surface area contributed by atoms with E-state index in [2.05, 4.69) is 48.5 Å². The number of furan rings is 1. The van der Waals surface area contributed by atoms with Crippen LogP contribution in [0.4, 0.5) is 0 Å². The monoisotopic (exact) mass is 730 g/mol. The Morgan fingerprint density at radius 2 is 0.860 bits per heavy atom. The van der Waals surface area contributed by atoms with Gasteiger partial charge in [0.1, 0.15) is 11.2 Å². The summed E-state index contributed by atoms with van der Waals surface area (Å²) in [5.74, 6) is 0. The highest BCUT2D eigenvalue weighted by Gasteiger charge is 2.21. The zero-order valence-corrected chi connectivity index (χ0v) is 30.4. The third-order valence-corrected chi connectivity index (χ3v) is 11.4. The van der Waals surface area contributed by atoms with Crippen molar-refractivity contribution in [3.63, 3.8) is 0 Å². The van der Waals surface area contributed by atoms with Crippen molar-refractivity contribution in [1.82, 2.24) is 0 Å². The fourth-order valence-electron chi connectivity index (χ4n) is 8.82. The van der Waals surface area contributed by atoms with Crippen molar-refractivity contribution in [3.8, 4) is 44.5 Å². The molecule has 1 heteroatoms. The molecular weight excluding hydrogens is 689 g/mol. The molecule has 57 heavy (non-hydrogen) atoms. The van der Waals surface area contributed by atoms with E-state index in [0.29, 0.717) is 27.8 Å². The Hall–Kier alpha value is -7.48. The lowest BCUT2D eigenvalue weighted by Crippen LogP contribution is -1.92. The third kappa shape index (κ3) is 5.03. The zero-order chi connectivity index (χ0) is 44.4. The molecule has 0 saturated heterocycles. The van der Waals surface area contributed by atoms with Crippen LogP contribution in [0.25, 0.3) is 120 Å². The van der Waals surface area contributed by atoms with Crippen LogP contribution in [0.5, 0.6) is 0 Å². The molecule has 0 aliphatic rings. The maximum Gasteiger partial charge on any atom is 0.136 e. The van der Waals surface area contributed by atoms with Crippen LogP contribution in [0.2, 0.25) is 0 Å². The van der Waals surface area contributed by atoms with E-state index >= 15 is 0 Å². The summed E-state index contributed by atoms with van der Waals surface area (Å²) in [6, 6.07) is 49.4. The second-order valence-corrected chi connectivity index (χ2v) is 14.6. The summed E-state index contributed by atoms with van der Waals surface area (Å²) in [5.41, 5.74) is 6.96. The first kappa shape index (κ1) is 24.8. The quantitative estimate of drug-likeness (QED) is 0.164. The number of benzene rings is 11. The van der Waals surface area contributed by atoms with Crippen LogP contribution in [0.15, 0.2) is 210 Å². The van der Waals surface area contributed by atoms with E-state index in [1.165, 1.54) is 0 Å². The van der Waals surface area contributed by atoms with E-state index in [4.69, 9.17) is 9.90 Å². The fourth-order valence-corrected chi connectivity index (χ4v) is 8.82. The summed E-state index contributed by atoms with van der Waals surface area (Å²) in [7, 11) is 0. The minimum Gasteiger partial charge on any atom is -0.456 e. The van der Waals surface area contributed by atoms with E-state index in [-0.39, 0.29) is 45.7 Å². The van der Waals surface area contributed by atoms with Crippen LogP contribution in [0.1, 0.15) is 11.0 Å². The fraction of sp³-hybridized carbons (Fsp3) is 0. The molecule has 11 aromatic carbocycles. The predicted octanol–water partition coefficient (Wildman–Crippen LogP) is 16.0. The molecule has 1 heterocycles. The van der Waals surface area contributed by atoms with Gasteiger partial charge >= 0.3 is 0 Å². The highest BCUT2D eigenvalue weighted by molar-refractivity contribution is 6.24. The van der Waals surface area contributed by atoms with Crippen LogP contribution in [0, 0.1) is 0 Å². The molecular formula is C56H34O. The molecule has 0 bridgehead atoms. The molecule has 0 atom stereocenters. The Bertz CT molecular complexity index is 3980. The number of fused-ring (bicyclic) bond motifs is 8. The van der Waals surface area contributed by atoms with Crippen molar-refractivity contribution in [3.05, 3.63) is 206 Å². The number of hydrogen-bond donors (Lipinski definition) is 0. The number of rotatable bonds is 4. The van der Waals surface area contributed by atoms with Crippen molar-refractivity contribution >= 4 is 75.8 Å². The Morgan fingerprint density at radius 3 is 1.56 bits per heavy atom. The maximum atomic E-state index is 9.65. The lowest BCUT2D eigenvalue weighted by molar-refractivity contribution is 0.669. The first-order chi connectivity index (χ1) is 31.6. The molecule has 0 saturated carbocycles. The molecule has 12 rings (SSSR count).